The van der Waals surface area contributed by atoms with Crippen molar-refractivity contribution in [2.45, 2.75) is 44.6 Å². The molecule has 1 N–H and O–H groups in total. The fraction of sp³-hybridized carbons (Fsp3) is 0.206. The van der Waals surface area contributed by atoms with E-state index in [4.69, 9.17) is 4.98 Å². The molecule has 0 amide bonds. The quantitative estimate of drug-likeness (QED) is 0.251. The number of phenolic OH excluding ortho intramolecular Hbond substituents is 1. The number of phenols is 1. The normalized spacial score (nSPS) is 12.7. The summed E-state index contributed by atoms with van der Waals surface area (Å²) in [5, 5.41) is 10.6. The number of pyridine rings is 3. The summed E-state index contributed by atoms with van der Waals surface area (Å²) in [6, 6.07) is 34.5. The molecule has 1 atom stereocenters. The van der Waals surface area contributed by atoms with E-state index in [2.05, 4.69) is 98.2 Å². The van der Waals surface area contributed by atoms with Gasteiger partial charge in [0.2, 0.25) is 6.04 Å². The molecule has 3 aromatic heterocycles. The average Bonchev–Trinajstić information content (AvgIpc) is 2.95. The van der Waals surface area contributed by atoms with Gasteiger partial charge in [0.1, 0.15) is 11.4 Å². The first-order chi connectivity index (χ1) is 18.3. The van der Waals surface area contributed by atoms with E-state index < -0.39 is 0 Å². The summed E-state index contributed by atoms with van der Waals surface area (Å²) in [4.78, 5) is 9.86. The number of aromatic hydroxyl groups is 1. The Balaban J connectivity index is 1.63. The highest BCUT2D eigenvalue weighted by atomic mass is 16.3. The molecule has 190 valence electrons. The minimum Gasteiger partial charge on any atom is -0.508 e. The summed E-state index contributed by atoms with van der Waals surface area (Å²) < 4.78 is 2.20. The lowest BCUT2D eigenvalue weighted by Gasteiger charge is -2.28. The van der Waals surface area contributed by atoms with E-state index >= 15 is 0 Å². The van der Waals surface area contributed by atoms with Crippen LogP contribution in [0.4, 0.5) is 0 Å². The molecule has 0 saturated heterocycles. The third kappa shape index (κ3) is 4.82. The van der Waals surface area contributed by atoms with Crippen LogP contribution < -0.4 is 4.57 Å². The first-order valence-corrected chi connectivity index (χ1v) is 13.0. The van der Waals surface area contributed by atoms with Crippen LogP contribution in [0.15, 0.2) is 122 Å². The fourth-order valence-electron chi connectivity index (χ4n) is 5.15. The molecule has 0 radical (unpaired) electrons. The van der Waals surface area contributed by atoms with Crippen LogP contribution in [0.25, 0.3) is 0 Å². The number of rotatable bonds is 7. The zero-order valence-corrected chi connectivity index (χ0v) is 22.4. The van der Waals surface area contributed by atoms with Crippen molar-refractivity contribution < 1.29 is 9.67 Å². The summed E-state index contributed by atoms with van der Waals surface area (Å²) in [5.41, 5.74) is 5.34. The summed E-state index contributed by atoms with van der Waals surface area (Å²) in [7, 11) is 0. The second kappa shape index (κ2) is 10.2. The second-order valence-corrected chi connectivity index (χ2v) is 10.8. The zero-order valence-electron chi connectivity index (χ0n) is 22.4. The van der Waals surface area contributed by atoms with Crippen LogP contribution in [0.3, 0.4) is 0 Å². The van der Waals surface area contributed by atoms with Gasteiger partial charge < -0.3 is 5.11 Å². The van der Waals surface area contributed by atoms with Gasteiger partial charge in [0, 0.05) is 40.3 Å². The highest BCUT2D eigenvalue weighted by Gasteiger charge is 2.32. The maximum atomic E-state index is 10.6. The van der Waals surface area contributed by atoms with Crippen molar-refractivity contribution in [3.63, 3.8) is 0 Å². The van der Waals surface area contributed by atoms with Gasteiger partial charge in [-0.2, -0.15) is 4.57 Å². The Kier molecular flexibility index (Phi) is 6.81. The van der Waals surface area contributed by atoms with Crippen molar-refractivity contribution in [1.82, 2.24) is 9.97 Å². The summed E-state index contributed by atoms with van der Waals surface area (Å²) in [6.07, 6.45) is 6.01. The van der Waals surface area contributed by atoms with Crippen molar-refractivity contribution in [3.05, 3.63) is 155 Å². The largest absolute Gasteiger partial charge is 0.508 e. The van der Waals surface area contributed by atoms with Crippen LogP contribution in [0.1, 0.15) is 67.5 Å². The van der Waals surface area contributed by atoms with Gasteiger partial charge in [-0.15, -0.1) is 0 Å². The SMILES string of the molecule is CC(C)(c1ccccn1)c1cccc(C(c2cccc(C(C)(C)c3ccccc3O)c2)[n+]2ccccc2)n1. The first-order valence-electron chi connectivity index (χ1n) is 13.0. The van der Waals surface area contributed by atoms with Gasteiger partial charge >= 0.3 is 0 Å². The van der Waals surface area contributed by atoms with Crippen LogP contribution in [0.2, 0.25) is 0 Å². The molecule has 0 fully saturated rings. The lowest BCUT2D eigenvalue weighted by Crippen LogP contribution is -2.41. The molecule has 0 aliphatic rings. The van der Waals surface area contributed by atoms with Crippen LogP contribution in [0.5, 0.6) is 5.75 Å². The Morgan fingerprint density at radius 1 is 0.684 bits per heavy atom. The molecule has 3 heterocycles. The topological polar surface area (TPSA) is 49.9 Å². The zero-order chi connectivity index (χ0) is 26.8. The van der Waals surface area contributed by atoms with Crippen LogP contribution in [0, 0.1) is 0 Å². The van der Waals surface area contributed by atoms with E-state index in [-0.39, 0.29) is 16.9 Å². The monoisotopic (exact) mass is 500 g/mol. The van der Waals surface area contributed by atoms with E-state index in [0.717, 1.165) is 33.8 Å². The molecule has 38 heavy (non-hydrogen) atoms. The van der Waals surface area contributed by atoms with Crippen LogP contribution in [-0.2, 0) is 10.8 Å². The minimum absolute atomic E-state index is 0.129. The predicted molar refractivity (Wildman–Crippen MR) is 151 cm³/mol. The summed E-state index contributed by atoms with van der Waals surface area (Å²) >= 11 is 0. The van der Waals surface area contributed by atoms with E-state index in [0.29, 0.717) is 5.75 Å². The molecule has 0 aliphatic heterocycles. The standard InChI is InChI=1S/C34H33N3O/c1-33(2,27-16-6-7-18-29(27)38)26-15-12-14-25(24-26)32(37-22-10-5-11-23-37)28-17-13-20-31(36-28)34(3,4)30-19-8-9-21-35-30/h5-24,32H,1-4H3/p+1. The maximum absolute atomic E-state index is 10.6. The Bertz CT molecular complexity index is 1530. The Labute approximate surface area is 225 Å². The Morgan fingerprint density at radius 3 is 2.13 bits per heavy atom. The number of nitrogens with zero attached hydrogens (tertiary/aromatic N) is 3. The second-order valence-electron chi connectivity index (χ2n) is 10.8. The van der Waals surface area contributed by atoms with Gasteiger partial charge in [-0.05, 0) is 55.8 Å². The highest BCUT2D eigenvalue weighted by Crippen LogP contribution is 2.38. The molecule has 1 unspecified atom stereocenters. The summed E-state index contributed by atoms with van der Waals surface area (Å²) in [6.45, 7) is 8.64. The maximum Gasteiger partial charge on any atom is 0.225 e. The van der Waals surface area contributed by atoms with Crippen molar-refractivity contribution in [2.24, 2.45) is 0 Å². The van der Waals surface area contributed by atoms with E-state index in [1.54, 1.807) is 6.07 Å². The predicted octanol–water partition coefficient (Wildman–Crippen LogP) is 6.76. The minimum atomic E-state index is -0.385. The van der Waals surface area contributed by atoms with Crippen molar-refractivity contribution in [1.29, 1.82) is 0 Å². The summed E-state index contributed by atoms with van der Waals surface area (Å²) in [5.74, 6) is 0.308. The number of hydrogen-bond donors (Lipinski definition) is 1. The fourth-order valence-corrected chi connectivity index (χ4v) is 5.15. The number of para-hydroxylation sites is 1. The molecule has 0 bridgehead atoms. The Morgan fingerprint density at radius 2 is 1.39 bits per heavy atom. The van der Waals surface area contributed by atoms with Crippen molar-refractivity contribution in [2.75, 3.05) is 0 Å². The third-order valence-corrected chi connectivity index (χ3v) is 7.53. The molecule has 4 nitrogen and oxygen atoms in total. The van der Waals surface area contributed by atoms with Crippen LogP contribution >= 0.6 is 0 Å². The molecule has 5 rings (SSSR count). The molecule has 4 heteroatoms. The van der Waals surface area contributed by atoms with E-state index in [9.17, 15) is 5.11 Å². The Hall–Kier alpha value is -4.31. The molecule has 0 spiro atoms. The number of aromatic nitrogens is 3. The van der Waals surface area contributed by atoms with Gasteiger partial charge in [-0.25, -0.2) is 4.98 Å². The van der Waals surface area contributed by atoms with Crippen molar-refractivity contribution in [3.8, 4) is 5.75 Å². The molecule has 2 aromatic carbocycles. The third-order valence-electron chi connectivity index (χ3n) is 7.53. The van der Waals surface area contributed by atoms with Gasteiger partial charge in [0.05, 0.1) is 11.4 Å². The molecule has 0 aliphatic carbocycles. The molecule has 5 aromatic rings. The van der Waals surface area contributed by atoms with Gasteiger partial charge in [0.25, 0.3) is 0 Å². The first kappa shape index (κ1) is 25.3. The average molecular weight is 501 g/mol. The van der Waals surface area contributed by atoms with Crippen LogP contribution in [-0.4, -0.2) is 15.1 Å². The lowest BCUT2D eigenvalue weighted by molar-refractivity contribution is -0.705. The molecular formula is C34H34N3O+. The van der Waals surface area contributed by atoms with Gasteiger partial charge in [0.15, 0.2) is 12.4 Å². The lowest BCUT2D eigenvalue weighted by atomic mass is 9.77. The smallest absolute Gasteiger partial charge is 0.225 e. The highest BCUT2D eigenvalue weighted by molar-refractivity contribution is 5.46. The van der Waals surface area contributed by atoms with E-state index in [1.807, 2.05) is 54.7 Å². The molecule has 0 saturated carbocycles. The van der Waals surface area contributed by atoms with Crippen molar-refractivity contribution >= 4 is 0 Å². The molecular weight excluding hydrogens is 466 g/mol. The van der Waals surface area contributed by atoms with E-state index in [1.165, 1.54) is 0 Å². The van der Waals surface area contributed by atoms with Gasteiger partial charge in [-0.1, -0.05) is 68.4 Å². The number of benzene rings is 2. The van der Waals surface area contributed by atoms with Gasteiger partial charge in [-0.3, -0.25) is 4.98 Å². The number of hydrogen-bond acceptors (Lipinski definition) is 3.